The Morgan fingerprint density at radius 3 is 2.78 bits per heavy atom. The number of anilines is 2. The van der Waals surface area contributed by atoms with E-state index in [2.05, 4.69) is 0 Å². The van der Waals surface area contributed by atoms with Crippen LogP contribution in [0.25, 0.3) is 0 Å². The van der Waals surface area contributed by atoms with Crippen molar-refractivity contribution in [3.63, 3.8) is 0 Å². The van der Waals surface area contributed by atoms with E-state index in [9.17, 15) is 4.79 Å². The van der Waals surface area contributed by atoms with Gasteiger partial charge in [-0.2, -0.15) is 0 Å². The second kappa shape index (κ2) is 4.72. The standard InChI is InChI=1S/C13H17N3OS/c14-10-3-4-12-11(9-10)16(7-8-18-12)13(17)15-5-1-2-6-15/h3-4,9H,1-2,5-8,14H2. The fourth-order valence-corrected chi connectivity index (χ4v) is 3.49. The molecule has 2 aliphatic heterocycles. The topological polar surface area (TPSA) is 49.6 Å². The Hall–Kier alpha value is -1.36. The van der Waals surface area contributed by atoms with Crippen molar-refractivity contribution in [2.45, 2.75) is 17.7 Å². The van der Waals surface area contributed by atoms with Crippen molar-refractivity contribution in [3.05, 3.63) is 18.2 Å². The van der Waals surface area contributed by atoms with Crippen LogP contribution in [-0.2, 0) is 0 Å². The summed E-state index contributed by atoms with van der Waals surface area (Å²) in [5.74, 6) is 0.955. The van der Waals surface area contributed by atoms with Crippen LogP contribution in [0.2, 0.25) is 0 Å². The van der Waals surface area contributed by atoms with Crippen LogP contribution in [0, 0.1) is 0 Å². The van der Waals surface area contributed by atoms with Gasteiger partial charge in [-0.15, -0.1) is 11.8 Å². The molecular weight excluding hydrogens is 246 g/mol. The average Bonchev–Trinajstić information content (AvgIpc) is 2.91. The van der Waals surface area contributed by atoms with Gasteiger partial charge in [0.05, 0.1) is 5.69 Å². The highest BCUT2D eigenvalue weighted by Gasteiger charge is 2.28. The van der Waals surface area contributed by atoms with Gasteiger partial charge in [0.15, 0.2) is 0 Å². The largest absolute Gasteiger partial charge is 0.399 e. The number of benzene rings is 1. The van der Waals surface area contributed by atoms with Gasteiger partial charge >= 0.3 is 6.03 Å². The monoisotopic (exact) mass is 263 g/mol. The van der Waals surface area contributed by atoms with E-state index >= 15 is 0 Å². The Morgan fingerprint density at radius 1 is 1.22 bits per heavy atom. The fraction of sp³-hybridized carbons (Fsp3) is 0.462. The van der Waals surface area contributed by atoms with Crippen molar-refractivity contribution < 1.29 is 4.79 Å². The van der Waals surface area contributed by atoms with Crippen LogP contribution >= 0.6 is 11.8 Å². The summed E-state index contributed by atoms with van der Waals surface area (Å²) in [7, 11) is 0. The first-order valence-electron chi connectivity index (χ1n) is 6.34. The Kier molecular flexibility index (Phi) is 3.07. The lowest BCUT2D eigenvalue weighted by Gasteiger charge is -2.32. The number of amides is 2. The molecule has 18 heavy (non-hydrogen) atoms. The molecule has 5 heteroatoms. The van der Waals surface area contributed by atoms with Gasteiger partial charge in [0.1, 0.15) is 0 Å². The van der Waals surface area contributed by atoms with E-state index in [0.717, 1.165) is 54.5 Å². The van der Waals surface area contributed by atoms with Gasteiger partial charge in [0.25, 0.3) is 0 Å². The zero-order valence-corrected chi connectivity index (χ0v) is 11.1. The second-order valence-corrected chi connectivity index (χ2v) is 5.84. The minimum Gasteiger partial charge on any atom is -0.399 e. The Morgan fingerprint density at radius 2 is 2.00 bits per heavy atom. The summed E-state index contributed by atoms with van der Waals surface area (Å²) < 4.78 is 0. The van der Waals surface area contributed by atoms with Crippen LogP contribution < -0.4 is 10.6 Å². The number of nitrogen functional groups attached to an aromatic ring is 1. The summed E-state index contributed by atoms with van der Waals surface area (Å²) in [6.45, 7) is 2.55. The lowest BCUT2D eigenvalue weighted by Crippen LogP contribution is -2.44. The van der Waals surface area contributed by atoms with Crippen molar-refractivity contribution in [2.75, 3.05) is 36.0 Å². The number of likely N-dealkylation sites (tertiary alicyclic amines) is 1. The molecule has 0 radical (unpaired) electrons. The molecule has 1 saturated heterocycles. The van der Waals surface area contributed by atoms with Gasteiger partial charge in [-0.25, -0.2) is 4.79 Å². The maximum Gasteiger partial charge on any atom is 0.324 e. The normalized spacial score (nSPS) is 18.9. The number of fused-ring (bicyclic) bond motifs is 1. The van der Waals surface area contributed by atoms with Crippen LogP contribution in [0.3, 0.4) is 0 Å². The number of rotatable bonds is 0. The highest BCUT2D eigenvalue weighted by Crippen LogP contribution is 2.36. The van der Waals surface area contributed by atoms with Crippen molar-refractivity contribution >= 4 is 29.2 Å². The number of carbonyl (C=O) groups is 1. The lowest BCUT2D eigenvalue weighted by atomic mass is 10.2. The highest BCUT2D eigenvalue weighted by molar-refractivity contribution is 7.99. The van der Waals surface area contributed by atoms with Crippen LogP contribution in [-0.4, -0.2) is 36.3 Å². The van der Waals surface area contributed by atoms with Crippen LogP contribution in [0.4, 0.5) is 16.2 Å². The highest BCUT2D eigenvalue weighted by atomic mass is 32.2. The van der Waals surface area contributed by atoms with E-state index in [1.165, 1.54) is 0 Å². The molecule has 3 rings (SSSR count). The Balaban J connectivity index is 1.90. The maximum atomic E-state index is 12.5. The molecule has 0 bridgehead atoms. The molecule has 0 aromatic heterocycles. The summed E-state index contributed by atoms with van der Waals surface area (Å²) in [5, 5.41) is 0. The first-order chi connectivity index (χ1) is 8.75. The first-order valence-corrected chi connectivity index (χ1v) is 7.33. The molecule has 0 atom stereocenters. The number of thioether (sulfide) groups is 1. The molecule has 2 aliphatic rings. The lowest BCUT2D eigenvalue weighted by molar-refractivity contribution is 0.215. The van der Waals surface area contributed by atoms with E-state index in [1.54, 1.807) is 11.8 Å². The second-order valence-electron chi connectivity index (χ2n) is 4.70. The minimum absolute atomic E-state index is 0.139. The average molecular weight is 263 g/mol. The number of carbonyl (C=O) groups excluding carboxylic acids is 1. The van der Waals surface area contributed by atoms with Gasteiger partial charge < -0.3 is 10.6 Å². The third-order valence-electron chi connectivity index (χ3n) is 3.45. The summed E-state index contributed by atoms with van der Waals surface area (Å²) in [5.41, 5.74) is 7.53. The SMILES string of the molecule is Nc1ccc2c(c1)N(C(=O)N1CCCC1)CCS2. The molecular formula is C13H17N3OS. The summed E-state index contributed by atoms with van der Waals surface area (Å²) in [6, 6.07) is 5.96. The first kappa shape index (κ1) is 11.7. The predicted molar refractivity (Wildman–Crippen MR) is 75.1 cm³/mol. The third kappa shape index (κ3) is 2.03. The van der Waals surface area contributed by atoms with Gasteiger partial charge in [0, 0.05) is 36.0 Å². The van der Waals surface area contributed by atoms with E-state index < -0.39 is 0 Å². The van der Waals surface area contributed by atoms with Crippen LogP contribution in [0.15, 0.2) is 23.1 Å². The van der Waals surface area contributed by atoms with Gasteiger partial charge in [-0.3, -0.25) is 4.90 Å². The number of hydrogen-bond donors (Lipinski definition) is 1. The molecule has 2 N–H and O–H groups in total. The van der Waals surface area contributed by atoms with E-state index in [4.69, 9.17) is 5.73 Å². The molecule has 0 saturated carbocycles. The van der Waals surface area contributed by atoms with Crippen LogP contribution in [0.1, 0.15) is 12.8 Å². The number of nitrogens with two attached hydrogens (primary N) is 1. The van der Waals surface area contributed by atoms with Gasteiger partial charge in [0.2, 0.25) is 0 Å². The number of nitrogens with zero attached hydrogens (tertiary/aromatic N) is 2. The van der Waals surface area contributed by atoms with Crippen LogP contribution in [0.5, 0.6) is 0 Å². The smallest absolute Gasteiger partial charge is 0.324 e. The van der Waals surface area contributed by atoms with Crippen molar-refractivity contribution in [1.82, 2.24) is 4.90 Å². The number of hydrogen-bond acceptors (Lipinski definition) is 3. The van der Waals surface area contributed by atoms with Crippen molar-refractivity contribution in [2.24, 2.45) is 0 Å². The minimum atomic E-state index is 0.139. The molecule has 1 aromatic carbocycles. The predicted octanol–water partition coefficient (Wildman–Crippen LogP) is 2.40. The Labute approximate surface area is 111 Å². The van der Waals surface area contributed by atoms with E-state index in [1.807, 2.05) is 28.0 Å². The van der Waals surface area contributed by atoms with Crippen molar-refractivity contribution in [3.8, 4) is 0 Å². The maximum absolute atomic E-state index is 12.5. The Bertz CT molecular complexity index is 471. The van der Waals surface area contributed by atoms with Gasteiger partial charge in [-0.05, 0) is 31.0 Å². The molecule has 2 amide bonds. The molecule has 1 aromatic rings. The molecule has 96 valence electrons. The molecule has 0 aliphatic carbocycles. The molecule has 0 spiro atoms. The van der Waals surface area contributed by atoms with Gasteiger partial charge in [-0.1, -0.05) is 0 Å². The summed E-state index contributed by atoms with van der Waals surface area (Å²) >= 11 is 1.79. The van der Waals surface area contributed by atoms with Crippen molar-refractivity contribution in [1.29, 1.82) is 0 Å². The van der Waals surface area contributed by atoms with E-state index in [0.29, 0.717) is 0 Å². The third-order valence-corrected chi connectivity index (χ3v) is 4.50. The zero-order valence-electron chi connectivity index (χ0n) is 10.3. The summed E-state index contributed by atoms with van der Waals surface area (Å²) in [6.07, 6.45) is 2.25. The molecule has 0 unspecified atom stereocenters. The molecule has 4 nitrogen and oxygen atoms in total. The molecule has 1 fully saturated rings. The quantitative estimate of drug-likeness (QED) is 0.731. The molecule has 2 heterocycles. The zero-order chi connectivity index (χ0) is 12.5. The fourth-order valence-electron chi connectivity index (χ4n) is 2.51. The van der Waals surface area contributed by atoms with E-state index in [-0.39, 0.29) is 6.03 Å². The number of urea groups is 1. The summed E-state index contributed by atoms with van der Waals surface area (Å²) in [4.78, 5) is 17.5.